The van der Waals surface area contributed by atoms with Crippen LogP contribution in [0.15, 0.2) is 0 Å². The van der Waals surface area contributed by atoms with Gasteiger partial charge in [-0.2, -0.15) is 0 Å². The molecule has 0 atom stereocenters. The second kappa shape index (κ2) is 12.7. The number of nitrogens with zero attached hydrogens (tertiary/aromatic N) is 2. The fraction of sp³-hybridized carbons (Fsp3) is 0.882. The summed E-state index contributed by atoms with van der Waals surface area (Å²) in [6.07, 6.45) is 2.36. The van der Waals surface area contributed by atoms with Crippen molar-refractivity contribution in [1.29, 1.82) is 0 Å². The average molecular weight is 300 g/mol. The molecule has 0 saturated carbocycles. The second-order valence-corrected chi connectivity index (χ2v) is 6.38. The van der Waals surface area contributed by atoms with Gasteiger partial charge in [0.05, 0.1) is 0 Å². The molecule has 0 saturated heterocycles. The summed E-state index contributed by atoms with van der Waals surface area (Å²) in [5, 5.41) is 0. The molecule has 0 heterocycles. The molecule has 0 radical (unpaired) electrons. The van der Waals surface area contributed by atoms with Crippen LogP contribution in [0.2, 0.25) is 0 Å². The van der Waals surface area contributed by atoms with Gasteiger partial charge in [0.2, 0.25) is 11.8 Å². The van der Waals surface area contributed by atoms with Gasteiger partial charge in [0.25, 0.3) is 0 Å². The Kier molecular flexibility index (Phi) is 13.4. The summed E-state index contributed by atoms with van der Waals surface area (Å²) in [4.78, 5) is 25.8. The van der Waals surface area contributed by atoms with E-state index in [-0.39, 0.29) is 11.8 Å². The zero-order valence-electron chi connectivity index (χ0n) is 15.4. The molecule has 21 heavy (non-hydrogen) atoms. The number of carbonyl (C=O) groups is 2. The van der Waals surface area contributed by atoms with Crippen LogP contribution in [0.1, 0.15) is 60.8 Å². The highest BCUT2D eigenvalue weighted by Crippen LogP contribution is 2.04. The summed E-state index contributed by atoms with van der Waals surface area (Å²) in [6, 6.07) is 0. The van der Waals surface area contributed by atoms with E-state index in [9.17, 15) is 9.59 Å². The number of carbonyl (C=O) groups excluding carboxylic acids is 2. The average Bonchev–Trinajstić information content (AvgIpc) is 2.37. The van der Waals surface area contributed by atoms with E-state index in [1.165, 1.54) is 0 Å². The summed E-state index contributed by atoms with van der Waals surface area (Å²) >= 11 is 0. The lowest BCUT2D eigenvalue weighted by Gasteiger charge is -2.19. The van der Waals surface area contributed by atoms with Crippen LogP contribution >= 0.6 is 0 Å². The molecule has 2 amide bonds. The zero-order valence-corrected chi connectivity index (χ0v) is 15.4. The van der Waals surface area contributed by atoms with E-state index in [1.807, 2.05) is 18.7 Å². The van der Waals surface area contributed by atoms with Gasteiger partial charge in [-0.1, -0.05) is 27.7 Å². The molecule has 126 valence electrons. The monoisotopic (exact) mass is 300 g/mol. The molecule has 4 nitrogen and oxygen atoms in total. The van der Waals surface area contributed by atoms with Gasteiger partial charge in [0.15, 0.2) is 0 Å². The van der Waals surface area contributed by atoms with Gasteiger partial charge < -0.3 is 9.80 Å². The Morgan fingerprint density at radius 3 is 1.62 bits per heavy atom. The fourth-order valence-electron chi connectivity index (χ4n) is 1.69. The number of amides is 2. The number of hydrogen-bond acceptors (Lipinski definition) is 2. The predicted molar refractivity (Wildman–Crippen MR) is 90.1 cm³/mol. The van der Waals surface area contributed by atoms with Gasteiger partial charge in [-0.05, 0) is 32.1 Å². The van der Waals surface area contributed by atoms with Crippen LogP contribution in [0.25, 0.3) is 0 Å². The first kappa shape index (κ1) is 22.2. The van der Waals surface area contributed by atoms with Gasteiger partial charge in [0, 0.05) is 40.0 Å². The Morgan fingerprint density at radius 2 is 1.33 bits per heavy atom. The molecule has 0 aliphatic rings. The predicted octanol–water partition coefficient (Wildman–Crippen LogP) is 3.41. The van der Waals surface area contributed by atoms with Crippen molar-refractivity contribution in [2.75, 3.05) is 27.2 Å². The fourth-order valence-corrected chi connectivity index (χ4v) is 1.69. The van der Waals surface area contributed by atoms with E-state index in [0.717, 1.165) is 19.5 Å². The van der Waals surface area contributed by atoms with E-state index in [4.69, 9.17) is 0 Å². The Labute approximate surface area is 131 Å². The third-order valence-electron chi connectivity index (χ3n) is 3.13. The molecule has 0 bridgehead atoms. The smallest absolute Gasteiger partial charge is 0.222 e. The standard InChI is InChI=1S/C9H19NO.C8H17NO/c1-5-10(6-2)9(11)7-8(3)4;1-7(2)5-6-8(10)9(3)4/h8H,5-7H2,1-4H3;7H,5-6H2,1-4H3. The van der Waals surface area contributed by atoms with Crippen LogP contribution < -0.4 is 0 Å². The maximum absolute atomic E-state index is 11.3. The second-order valence-electron chi connectivity index (χ2n) is 6.38. The topological polar surface area (TPSA) is 40.6 Å². The Morgan fingerprint density at radius 1 is 0.857 bits per heavy atom. The van der Waals surface area contributed by atoms with Crippen molar-refractivity contribution in [1.82, 2.24) is 9.80 Å². The van der Waals surface area contributed by atoms with Gasteiger partial charge >= 0.3 is 0 Å². The van der Waals surface area contributed by atoms with Crippen molar-refractivity contribution in [3.05, 3.63) is 0 Å². The van der Waals surface area contributed by atoms with E-state index in [1.54, 1.807) is 19.0 Å². The summed E-state index contributed by atoms with van der Waals surface area (Å²) in [5.74, 6) is 1.62. The van der Waals surface area contributed by atoms with Crippen molar-refractivity contribution in [2.45, 2.75) is 60.8 Å². The first-order valence-electron chi connectivity index (χ1n) is 8.13. The first-order chi connectivity index (χ1) is 9.65. The summed E-state index contributed by atoms with van der Waals surface area (Å²) in [6.45, 7) is 14.1. The molecule has 0 aliphatic carbocycles. The highest BCUT2D eigenvalue weighted by molar-refractivity contribution is 5.76. The van der Waals surface area contributed by atoms with Gasteiger partial charge in [0.1, 0.15) is 0 Å². The van der Waals surface area contributed by atoms with E-state index < -0.39 is 0 Å². The highest BCUT2D eigenvalue weighted by atomic mass is 16.2. The van der Waals surface area contributed by atoms with Crippen molar-refractivity contribution in [2.24, 2.45) is 11.8 Å². The van der Waals surface area contributed by atoms with E-state index in [2.05, 4.69) is 27.7 Å². The number of rotatable bonds is 7. The SMILES string of the molecule is CC(C)CCC(=O)N(C)C.CCN(CC)C(=O)CC(C)C. The molecule has 0 aromatic heterocycles. The van der Waals surface area contributed by atoms with Gasteiger partial charge in [-0.3, -0.25) is 9.59 Å². The van der Waals surface area contributed by atoms with Crippen LogP contribution in [0, 0.1) is 11.8 Å². The molecule has 0 fully saturated rings. The Balaban J connectivity index is 0. The van der Waals surface area contributed by atoms with Crippen molar-refractivity contribution < 1.29 is 9.59 Å². The van der Waals surface area contributed by atoms with Gasteiger partial charge in [-0.15, -0.1) is 0 Å². The van der Waals surface area contributed by atoms with Crippen LogP contribution in [0.3, 0.4) is 0 Å². The molecular formula is C17H36N2O2. The molecule has 4 heteroatoms. The van der Waals surface area contributed by atoms with Crippen LogP contribution in [-0.4, -0.2) is 48.8 Å². The lowest BCUT2D eigenvalue weighted by Crippen LogP contribution is -2.31. The third-order valence-corrected chi connectivity index (χ3v) is 3.13. The van der Waals surface area contributed by atoms with Gasteiger partial charge in [-0.25, -0.2) is 0 Å². The van der Waals surface area contributed by atoms with E-state index >= 15 is 0 Å². The molecule has 0 N–H and O–H groups in total. The molecule has 0 unspecified atom stereocenters. The third kappa shape index (κ3) is 13.7. The minimum atomic E-state index is 0.230. The molecule has 0 aromatic carbocycles. The lowest BCUT2D eigenvalue weighted by molar-refractivity contribution is -0.131. The van der Waals surface area contributed by atoms with Crippen molar-refractivity contribution in [3.63, 3.8) is 0 Å². The molecule has 0 aliphatic heterocycles. The minimum absolute atomic E-state index is 0.230. The molecule has 0 spiro atoms. The summed E-state index contributed by atoms with van der Waals surface area (Å²) in [5.41, 5.74) is 0. The molecule has 0 rings (SSSR count). The summed E-state index contributed by atoms with van der Waals surface area (Å²) < 4.78 is 0. The van der Waals surface area contributed by atoms with Crippen molar-refractivity contribution in [3.8, 4) is 0 Å². The van der Waals surface area contributed by atoms with E-state index in [0.29, 0.717) is 24.7 Å². The maximum Gasteiger partial charge on any atom is 0.222 e. The lowest BCUT2D eigenvalue weighted by atomic mass is 10.1. The first-order valence-corrected chi connectivity index (χ1v) is 8.13. The quantitative estimate of drug-likeness (QED) is 0.723. The molecular weight excluding hydrogens is 264 g/mol. The Hall–Kier alpha value is -1.06. The number of hydrogen-bond donors (Lipinski definition) is 0. The van der Waals surface area contributed by atoms with Crippen LogP contribution in [-0.2, 0) is 9.59 Å². The van der Waals surface area contributed by atoms with Crippen molar-refractivity contribution >= 4 is 11.8 Å². The largest absolute Gasteiger partial charge is 0.349 e. The van der Waals surface area contributed by atoms with Crippen LogP contribution in [0.5, 0.6) is 0 Å². The zero-order chi connectivity index (χ0) is 17.0. The normalized spacial score (nSPS) is 10.2. The Bertz CT molecular complexity index is 283. The maximum atomic E-state index is 11.3. The minimum Gasteiger partial charge on any atom is -0.349 e. The highest BCUT2D eigenvalue weighted by Gasteiger charge is 2.10. The summed E-state index contributed by atoms with van der Waals surface area (Å²) in [7, 11) is 3.59. The molecule has 0 aromatic rings. The van der Waals surface area contributed by atoms with Crippen LogP contribution in [0.4, 0.5) is 0 Å².